The van der Waals surface area contributed by atoms with Gasteiger partial charge in [-0.1, -0.05) is 26.7 Å². The maximum absolute atomic E-state index is 14.9. The highest BCUT2D eigenvalue weighted by molar-refractivity contribution is 5.80. The average molecular weight is 615 g/mol. The third-order valence-electron chi connectivity index (χ3n) is 11.1. The van der Waals surface area contributed by atoms with E-state index in [0.717, 1.165) is 84.0 Å². The first kappa shape index (κ1) is 34.6. The van der Waals surface area contributed by atoms with Crippen molar-refractivity contribution in [2.45, 2.75) is 121 Å². The van der Waals surface area contributed by atoms with E-state index in [2.05, 4.69) is 29.4 Å². The second-order valence-electron chi connectivity index (χ2n) is 14.2. The van der Waals surface area contributed by atoms with Gasteiger partial charge >= 0.3 is 0 Å². The van der Waals surface area contributed by atoms with E-state index in [1.165, 1.54) is 0 Å². The summed E-state index contributed by atoms with van der Waals surface area (Å²) in [7, 11) is 1.87. The molecule has 4 aliphatic rings. The van der Waals surface area contributed by atoms with Gasteiger partial charge < -0.3 is 22.1 Å². The molecule has 0 spiro atoms. The van der Waals surface area contributed by atoms with Crippen LogP contribution in [0.4, 0.5) is 13.2 Å². The topological polar surface area (TPSA) is 103 Å². The summed E-state index contributed by atoms with van der Waals surface area (Å²) in [4.78, 5) is 18.5. The molecule has 248 valence electrons. The number of piperidine rings is 2. The Morgan fingerprint density at radius 3 is 2.51 bits per heavy atom. The predicted octanol–water partition coefficient (Wildman–Crippen LogP) is 2.94. The summed E-state index contributed by atoms with van der Waals surface area (Å²) >= 11 is 0. The molecule has 43 heavy (non-hydrogen) atoms. The van der Waals surface area contributed by atoms with Gasteiger partial charge in [0, 0.05) is 38.5 Å². The van der Waals surface area contributed by atoms with Crippen LogP contribution in [0.25, 0.3) is 0 Å². The zero-order chi connectivity index (χ0) is 31.2. The van der Waals surface area contributed by atoms with Gasteiger partial charge in [0.2, 0.25) is 5.91 Å². The van der Waals surface area contributed by atoms with Crippen molar-refractivity contribution in [3.63, 3.8) is 0 Å². The van der Waals surface area contributed by atoms with E-state index in [-0.39, 0.29) is 42.4 Å². The summed E-state index contributed by atoms with van der Waals surface area (Å²) in [5.74, 6) is -2.95. The summed E-state index contributed by atoms with van der Waals surface area (Å²) in [5.41, 5.74) is 12.8. The highest BCUT2D eigenvalue weighted by Crippen LogP contribution is 2.41. The molecular weight excluding hydrogens is 555 g/mol. The highest BCUT2D eigenvalue weighted by Gasteiger charge is 2.46. The number of nitrogens with zero attached hydrogens (tertiary/aromatic N) is 3. The number of carbonyl (C=O) groups excluding carboxylic acids is 1. The van der Waals surface area contributed by atoms with E-state index in [0.29, 0.717) is 25.4 Å². The first-order chi connectivity index (χ1) is 20.5. The van der Waals surface area contributed by atoms with E-state index >= 15 is 0 Å². The van der Waals surface area contributed by atoms with Crippen LogP contribution in [0.1, 0.15) is 84.5 Å². The lowest BCUT2D eigenvalue weighted by Crippen LogP contribution is -2.64. The molecule has 0 bridgehead atoms. The number of amides is 1. The minimum Gasteiger partial charge on any atom is -0.350 e. The summed E-state index contributed by atoms with van der Waals surface area (Å²) in [6.45, 7) is 8.87. The Morgan fingerprint density at radius 1 is 1.14 bits per heavy atom. The van der Waals surface area contributed by atoms with Crippen LogP contribution in [0.15, 0.2) is 0 Å². The second-order valence-corrected chi connectivity index (χ2v) is 14.2. The monoisotopic (exact) mass is 614 g/mol. The van der Waals surface area contributed by atoms with Gasteiger partial charge in [0.15, 0.2) is 18.4 Å². The van der Waals surface area contributed by atoms with Gasteiger partial charge in [0.25, 0.3) is 5.92 Å². The van der Waals surface area contributed by atoms with Crippen LogP contribution in [0, 0.1) is 17.3 Å². The van der Waals surface area contributed by atoms with Crippen molar-refractivity contribution in [3.8, 4) is 0 Å². The molecule has 3 saturated heterocycles. The molecule has 4 heterocycles. The van der Waals surface area contributed by atoms with Crippen LogP contribution >= 0.6 is 0 Å². The van der Waals surface area contributed by atoms with Gasteiger partial charge in [-0.3, -0.25) is 14.6 Å². The Hall–Kier alpha value is -1.27. The van der Waals surface area contributed by atoms with Gasteiger partial charge in [-0.05, 0) is 75.9 Å². The van der Waals surface area contributed by atoms with Gasteiger partial charge in [-0.15, -0.1) is 0 Å². The quantitative estimate of drug-likeness (QED) is 0.223. The van der Waals surface area contributed by atoms with Crippen molar-refractivity contribution in [2.75, 3.05) is 52.9 Å². The van der Waals surface area contributed by atoms with E-state index in [9.17, 15) is 18.0 Å². The van der Waals surface area contributed by atoms with Crippen molar-refractivity contribution < 1.29 is 22.5 Å². The van der Waals surface area contributed by atoms with Crippen LogP contribution in [0.3, 0.4) is 0 Å². The SMILES string of the molecule is CCCC1(CC)CCCC(F)C=[N+](C)C(C(C(=O)NC2CNCCC2N2CCC(CN3CCC(F)(F)C3)CC2)C(N)N)C1. The van der Waals surface area contributed by atoms with Crippen LogP contribution in [-0.2, 0) is 4.79 Å². The highest BCUT2D eigenvalue weighted by atomic mass is 19.3. The summed E-state index contributed by atoms with van der Waals surface area (Å²) in [5, 5.41) is 6.81. The van der Waals surface area contributed by atoms with E-state index in [1.54, 1.807) is 6.21 Å². The summed E-state index contributed by atoms with van der Waals surface area (Å²) in [6.07, 6.45) is 8.59. The molecule has 3 fully saturated rings. The molecule has 6 N–H and O–H groups in total. The number of halogens is 3. The number of hydrogen-bond acceptors (Lipinski definition) is 6. The van der Waals surface area contributed by atoms with Crippen LogP contribution in [-0.4, -0.2) is 116 Å². The molecule has 0 aromatic heterocycles. The van der Waals surface area contributed by atoms with Gasteiger partial charge in [0.05, 0.1) is 18.8 Å². The second kappa shape index (κ2) is 15.3. The van der Waals surface area contributed by atoms with Gasteiger partial charge in [-0.25, -0.2) is 17.7 Å². The lowest BCUT2D eigenvalue weighted by Gasteiger charge is -2.44. The molecule has 6 atom stereocenters. The zero-order valence-electron chi connectivity index (χ0n) is 26.9. The fourth-order valence-electron chi connectivity index (χ4n) is 8.55. The molecule has 0 aliphatic carbocycles. The number of alkyl halides is 3. The Kier molecular flexibility index (Phi) is 12.3. The minimum absolute atomic E-state index is 0.0171. The predicted molar refractivity (Wildman–Crippen MR) is 166 cm³/mol. The Labute approximate surface area is 257 Å². The van der Waals surface area contributed by atoms with Crippen LogP contribution in [0.5, 0.6) is 0 Å². The van der Waals surface area contributed by atoms with Crippen LogP contribution in [0.2, 0.25) is 0 Å². The van der Waals surface area contributed by atoms with Crippen molar-refractivity contribution in [1.29, 1.82) is 0 Å². The van der Waals surface area contributed by atoms with Crippen molar-refractivity contribution in [2.24, 2.45) is 28.7 Å². The molecule has 11 heteroatoms. The number of rotatable bonds is 10. The molecular formula is C32H59F3N7O+. The molecule has 0 aromatic carbocycles. The molecule has 0 radical (unpaired) electrons. The van der Waals surface area contributed by atoms with Gasteiger partial charge in [0.1, 0.15) is 13.0 Å². The first-order valence-corrected chi connectivity index (χ1v) is 17.0. The molecule has 4 aliphatic heterocycles. The number of likely N-dealkylation sites (tertiary alicyclic amines) is 2. The number of nitrogens with two attached hydrogens (primary N) is 2. The third kappa shape index (κ3) is 9.15. The zero-order valence-corrected chi connectivity index (χ0v) is 26.9. The van der Waals surface area contributed by atoms with Crippen molar-refractivity contribution in [1.82, 2.24) is 20.4 Å². The van der Waals surface area contributed by atoms with E-state index in [1.807, 2.05) is 16.5 Å². The minimum atomic E-state index is -2.55. The lowest BCUT2D eigenvalue weighted by molar-refractivity contribution is -0.546. The average Bonchev–Trinajstić information content (AvgIpc) is 3.32. The van der Waals surface area contributed by atoms with Crippen molar-refractivity contribution in [3.05, 3.63) is 0 Å². The van der Waals surface area contributed by atoms with E-state index in [4.69, 9.17) is 11.5 Å². The smallest absolute Gasteiger partial charge is 0.261 e. The maximum Gasteiger partial charge on any atom is 0.261 e. The number of hydrogen-bond donors (Lipinski definition) is 4. The normalized spacial score (nSPS) is 34.3. The standard InChI is InChI=1S/C32H58F3N7O/c1-4-11-31(5-2)12-6-7-24(33)21-40(3)27(18-31)28(29(36)37)30(43)39-25-19-38-14-8-26(25)42-15-9-23(10-16-42)20-41-17-13-32(34,35)22-41/h21,23-29,38H,4-20,22,36-37H2,1-3H3/p+1. The maximum atomic E-state index is 14.9. The largest absolute Gasteiger partial charge is 0.350 e. The number of nitrogens with one attached hydrogen (secondary N) is 2. The van der Waals surface area contributed by atoms with Crippen LogP contribution < -0.4 is 22.1 Å². The van der Waals surface area contributed by atoms with E-state index < -0.39 is 24.2 Å². The van der Waals surface area contributed by atoms with Gasteiger partial charge in [-0.2, -0.15) is 0 Å². The Bertz CT molecular complexity index is 929. The first-order valence-electron chi connectivity index (χ1n) is 17.0. The molecule has 8 nitrogen and oxygen atoms in total. The summed E-state index contributed by atoms with van der Waals surface area (Å²) in [6, 6.07) is -0.208. The van der Waals surface area contributed by atoms with Crippen molar-refractivity contribution >= 4 is 12.1 Å². The fourth-order valence-corrected chi connectivity index (χ4v) is 8.55. The molecule has 0 aromatic rings. The number of carbonyl (C=O) groups is 1. The molecule has 1 amide bonds. The summed E-state index contributed by atoms with van der Waals surface area (Å²) < 4.78 is 44.2. The fraction of sp³-hybridized carbons (Fsp3) is 0.938. The third-order valence-corrected chi connectivity index (χ3v) is 11.1. The molecule has 4 rings (SSSR count). The lowest BCUT2D eigenvalue weighted by atomic mass is 9.70. The molecule has 6 unspecified atom stereocenters. The Morgan fingerprint density at radius 2 is 1.88 bits per heavy atom. The molecule has 0 saturated carbocycles. The Balaban J connectivity index is 1.44.